The Balaban J connectivity index is 1.57. The molecule has 1 heterocycles. The number of para-hydroxylation sites is 1. The minimum absolute atomic E-state index is 0.0385. The maximum atomic E-state index is 13.3. The molecule has 0 radical (unpaired) electrons. The summed E-state index contributed by atoms with van der Waals surface area (Å²) in [5, 5.41) is 4.91. The van der Waals surface area contributed by atoms with Gasteiger partial charge in [0.15, 0.2) is 5.16 Å². The molecule has 0 atom stereocenters. The molecule has 4 aromatic rings. The van der Waals surface area contributed by atoms with E-state index in [0.717, 1.165) is 21.8 Å². The van der Waals surface area contributed by atoms with Crippen LogP contribution in [0.1, 0.15) is 5.56 Å². The highest BCUT2D eigenvalue weighted by molar-refractivity contribution is 9.10. The van der Waals surface area contributed by atoms with E-state index in [2.05, 4.69) is 31.4 Å². The van der Waals surface area contributed by atoms with Gasteiger partial charge < -0.3 is 4.74 Å². The molecule has 0 unspecified atom stereocenters. The number of methoxy groups -OCH3 is 1. The van der Waals surface area contributed by atoms with Crippen molar-refractivity contribution < 1.29 is 9.53 Å². The summed E-state index contributed by atoms with van der Waals surface area (Å²) in [6.07, 6.45) is 1.56. The van der Waals surface area contributed by atoms with Crippen molar-refractivity contribution in [1.29, 1.82) is 0 Å². The minimum atomic E-state index is -0.310. The molecule has 0 aliphatic heterocycles. The van der Waals surface area contributed by atoms with Gasteiger partial charge in [0.05, 0.1) is 35.7 Å². The first-order chi connectivity index (χ1) is 16.0. The summed E-state index contributed by atoms with van der Waals surface area (Å²) in [4.78, 5) is 30.3. The number of rotatable bonds is 7. The first-order valence-electron chi connectivity index (χ1n) is 9.91. The number of nitrogens with zero attached hydrogens (tertiary/aromatic N) is 3. The Hall–Kier alpha value is -3.43. The average molecular weight is 523 g/mol. The van der Waals surface area contributed by atoms with Gasteiger partial charge in [0.25, 0.3) is 11.5 Å². The lowest BCUT2D eigenvalue weighted by atomic mass is 10.2. The lowest BCUT2D eigenvalue weighted by Crippen LogP contribution is -2.24. The zero-order valence-corrected chi connectivity index (χ0v) is 20.0. The molecule has 0 saturated carbocycles. The highest BCUT2D eigenvalue weighted by atomic mass is 79.9. The van der Waals surface area contributed by atoms with Crippen LogP contribution in [-0.2, 0) is 4.79 Å². The highest BCUT2D eigenvalue weighted by Crippen LogP contribution is 2.22. The molecule has 3 aromatic carbocycles. The number of thioether (sulfide) groups is 1. The van der Waals surface area contributed by atoms with Crippen molar-refractivity contribution in [3.63, 3.8) is 0 Å². The lowest BCUT2D eigenvalue weighted by molar-refractivity contribution is -0.118. The molecule has 0 saturated heterocycles. The SMILES string of the molecule is COc1ccc(-n2c(SCC(=O)N/N=C/c3cccc(Br)c3)nc3ccccc3c2=O)cc1. The molecule has 4 rings (SSSR count). The Morgan fingerprint density at radius 3 is 2.70 bits per heavy atom. The maximum Gasteiger partial charge on any atom is 0.266 e. The zero-order valence-electron chi connectivity index (χ0n) is 17.6. The van der Waals surface area contributed by atoms with Crippen molar-refractivity contribution in [2.45, 2.75) is 5.16 Å². The van der Waals surface area contributed by atoms with E-state index in [1.54, 1.807) is 55.8 Å². The maximum absolute atomic E-state index is 13.3. The Bertz CT molecular complexity index is 1390. The van der Waals surface area contributed by atoms with Crippen LogP contribution in [0, 0.1) is 0 Å². The van der Waals surface area contributed by atoms with E-state index in [4.69, 9.17) is 4.74 Å². The minimum Gasteiger partial charge on any atom is -0.497 e. The summed E-state index contributed by atoms with van der Waals surface area (Å²) in [6.45, 7) is 0. The van der Waals surface area contributed by atoms with Gasteiger partial charge in [-0.25, -0.2) is 10.4 Å². The number of hydrogen-bond acceptors (Lipinski definition) is 6. The molecule has 9 heteroatoms. The number of aromatic nitrogens is 2. The number of fused-ring (bicyclic) bond motifs is 1. The second-order valence-electron chi connectivity index (χ2n) is 6.89. The Labute approximate surface area is 202 Å². The number of carbonyl (C=O) groups is 1. The zero-order chi connectivity index (χ0) is 23.2. The van der Waals surface area contributed by atoms with Gasteiger partial charge in [-0.05, 0) is 54.1 Å². The Kier molecular flexibility index (Phi) is 7.21. The number of carbonyl (C=O) groups excluding carboxylic acids is 1. The highest BCUT2D eigenvalue weighted by Gasteiger charge is 2.15. The number of nitrogens with one attached hydrogen (secondary N) is 1. The molecule has 166 valence electrons. The number of hydrogen-bond donors (Lipinski definition) is 1. The summed E-state index contributed by atoms with van der Waals surface area (Å²) in [7, 11) is 1.58. The lowest BCUT2D eigenvalue weighted by Gasteiger charge is -2.13. The van der Waals surface area contributed by atoms with E-state index in [9.17, 15) is 9.59 Å². The summed E-state index contributed by atoms with van der Waals surface area (Å²) < 4.78 is 7.64. The van der Waals surface area contributed by atoms with E-state index < -0.39 is 0 Å². The normalized spacial score (nSPS) is 11.1. The first kappa shape index (κ1) is 22.8. The van der Waals surface area contributed by atoms with E-state index in [-0.39, 0.29) is 17.2 Å². The summed E-state index contributed by atoms with van der Waals surface area (Å²) >= 11 is 4.56. The fourth-order valence-corrected chi connectivity index (χ4v) is 4.32. The van der Waals surface area contributed by atoms with Gasteiger partial charge in [0.1, 0.15) is 5.75 Å². The van der Waals surface area contributed by atoms with E-state index in [1.807, 2.05) is 30.3 Å². The third-order valence-corrected chi connectivity index (χ3v) is 6.09. The van der Waals surface area contributed by atoms with Crippen molar-refractivity contribution in [2.75, 3.05) is 12.9 Å². The molecule has 0 bridgehead atoms. The fraction of sp³-hybridized carbons (Fsp3) is 0.0833. The van der Waals surface area contributed by atoms with Gasteiger partial charge in [-0.2, -0.15) is 5.10 Å². The first-order valence-corrected chi connectivity index (χ1v) is 11.7. The van der Waals surface area contributed by atoms with Crippen LogP contribution in [-0.4, -0.2) is 34.5 Å². The van der Waals surface area contributed by atoms with Crippen molar-refractivity contribution in [3.8, 4) is 11.4 Å². The molecule has 0 aliphatic carbocycles. The van der Waals surface area contributed by atoms with Gasteiger partial charge in [-0.3, -0.25) is 14.2 Å². The largest absolute Gasteiger partial charge is 0.497 e. The van der Waals surface area contributed by atoms with Gasteiger partial charge >= 0.3 is 0 Å². The summed E-state index contributed by atoms with van der Waals surface area (Å²) in [5.41, 5.74) is 4.36. The van der Waals surface area contributed by atoms with Crippen molar-refractivity contribution >= 4 is 50.7 Å². The molecular weight excluding hydrogens is 504 g/mol. The smallest absolute Gasteiger partial charge is 0.266 e. The quantitative estimate of drug-likeness (QED) is 0.168. The molecular formula is C24H19BrN4O3S. The molecule has 1 amide bonds. The molecule has 0 fully saturated rings. The van der Waals surface area contributed by atoms with Gasteiger partial charge in [-0.15, -0.1) is 0 Å². The van der Waals surface area contributed by atoms with Crippen LogP contribution in [0.4, 0.5) is 0 Å². The van der Waals surface area contributed by atoms with E-state index in [0.29, 0.717) is 27.5 Å². The molecule has 0 aliphatic rings. The van der Waals surface area contributed by atoms with Crippen LogP contribution in [0.2, 0.25) is 0 Å². The van der Waals surface area contributed by atoms with Gasteiger partial charge in [0.2, 0.25) is 0 Å². The third-order valence-electron chi connectivity index (χ3n) is 4.66. The third kappa shape index (κ3) is 5.50. The predicted octanol–water partition coefficient (Wildman–Crippen LogP) is 4.40. The second-order valence-corrected chi connectivity index (χ2v) is 8.75. The van der Waals surface area contributed by atoms with Crippen LogP contribution in [0.15, 0.2) is 92.3 Å². The number of benzene rings is 3. The number of ether oxygens (including phenoxy) is 1. The molecule has 1 N–H and O–H groups in total. The summed E-state index contributed by atoms with van der Waals surface area (Å²) in [5.74, 6) is 0.406. The molecule has 33 heavy (non-hydrogen) atoms. The standard InChI is InChI=1S/C24H19BrN4O3S/c1-32-19-11-9-18(10-12-19)29-23(31)20-7-2-3-8-21(20)27-24(29)33-15-22(30)28-26-14-16-5-4-6-17(25)13-16/h2-14H,15H2,1H3,(H,28,30)/b26-14+. The second kappa shape index (κ2) is 10.5. The van der Waals surface area contributed by atoms with Gasteiger partial charge in [0, 0.05) is 4.47 Å². The van der Waals surface area contributed by atoms with E-state index >= 15 is 0 Å². The van der Waals surface area contributed by atoms with Gasteiger partial charge in [-0.1, -0.05) is 52.0 Å². The number of hydrazone groups is 1. The van der Waals surface area contributed by atoms with Crippen molar-refractivity contribution in [3.05, 3.63) is 93.2 Å². The fourth-order valence-electron chi connectivity index (χ4n) is 3.10. The number of halogens is 1. The summed E-state index contributed by atoms with van der Waals surface area (Å²) in [6, 6.07) is 21.8. The van der Waals surface area contributed by atoms with Crippen LogP contribution >= 0.6 is 27.7 Å². The molecule has 7 nitrogen and oxygen atoms in total. The van der Waals surface area contributed by atoms with Crippen molar-refractivity contribution in [2.24, 2.45) is 5.10 Å². The van der Waals surface area contributed by atoms with Crippen molar-refractivity contribution in [1.82, 2.24) is 15.0 Å². The number of amides is 1. The van der Waals surface area contributed by atoms with Crippen LogP contribution in [0.5, 0.6) is 5.75 Å². The van der Waals surface area contributed by atoms with Crippen LogP contribution in [0.3, 0.4) is 0 Å². The molecule has 1 aromatic heterocycles. The Morgan fingerprint density at radius 2 is 1.94 bits per heavy atom. The monoisotopic (exact) mass is 522 g/mol. The average Bonchev–Trinajstić information content (AvgIpc) is 2.83. The predicted molar refractivity (Wildman–Crippen MR) is 134 cm³/mol. The van der Waals surface area contributed by atoms with Crippen LogP contribution in [0.25, 0.3) is 16.6 Å². The molecule has 0 spiro atoms. The Morgan fingerprint density at radius 1 is 1.15 bits per heavy atom. The topological polar surface area (TPSA) is 85.6 Å². The van der Waals surface area contributed by atoms with E-state index in [1.165, 1.54) is 4.57 Å². The van der Waals surface area contributed by atoms with Crippen LogP contribution < -0.4 is 15.7 Å².